The van der Waals surface area contributed by atoms with Gasteiger partial charge in [-0.05, 0) is 90.2 Å². The Morgan fingerprint density at radius 1 is 0.389 bits per heavy atom. The van der Waals surface area contributed by atoms with Crippen LogP contribution in [0.3, 0.4) is 0 Å². The number of aromatic nitrogens is 2. The van der Waals surface area contributed by atoms with Crippen LogP contribution >= 0.6 is 44.7 Å². The van der Waals surface area contributed by atoms with Gasteiger partial charge in [-0.25, -0.2) is 0 Å². The molecule has 0 fully saturated rings. The molecule has 0 amide bonds. The summed E-state index contributed by atoms with van der Waals surface area (Å²) in [6.07, 6.45) is 0. The van der Waals surface area contributed by atoms with Crippen molar-refractivity contribution < 1.29 is 0 Å². The van der Waals surface area contributed by atoms with Crippen LogP contribution in [0.2, 0.25) is 0 Å². The van der Waals surface area contributed by atoms with Gasteiger partial charge in [-0.3, -0.25) is 0 Å². The Morgan fingerprint density at radius 2 is 0.722 bits per heavy atom. The van der Waals surface area contributed by atoms with Crippen molar-refractivity contribution >= 4 is 44.7 Å². The van der Waals surface area contributed by atoms with E-state index in [1.807, 2.05) is 12.1 Å². The second-order valence-corrected chi connectivity index (χ2v) is 11.9. The average molecular weight is 537 g/mol. The Balaban J connectivity index is 1.09. The van der Waals surface area contributed by atoms with E-state index in [1.165, 1.54) is 66.2 Å². The average Bonchev–Trinajstić information content (AvgIpc) is 3.63. The first-order valence-electron chi connectivity index (χ1n) is 11.4. The first-order valence-corrected chi connectivity index (χ1v) is 15.1. The Bertz CT molecular complexity index is 1430. The fourth-order valence-electron chi connectivity index (χ4n) is 3.87. The lowest BCUT2D eigenvalue weighted by Crippen LogP contribution is -1.77. The maximum atomic E-state index is 4.65. The largest absolute Gasteiger partial charge is 0.185 e. The maximum Gasteiger partial charge on any atom is 0.121 e. The molecule has 174 valence electrons. The number of rotatable bonds is 7. The Hall–Kier alpha value is -3.16. The molecule has 0 radical (unpaired) electrons. The number of hydrogen-bond acceptors (Lipinski definition) is 6. The lowest BCUT2D eigenvalue weighted by atomic mass is 10.0. The molecule has 0 spiro atoms. The molecule has 0 aliphatic carbocycles. The van der Waals surface area contributed by atoms with Crippen LogP contribution in [0.4, 0.5) is 0 Å². The molecular weight excluding hydrogens is 517 g/mol. The third-order valence-corrected chi connectivity index (χ3v) is 9.77. The van der Waals surface area contributed by atoms with E-state index in [1.54, 1.807) is 21.6 Å². The molecule has 36 heavy (non-hydrogen) atoms. The summed E-state index contributed by atoms with van der Waals surface area (Å²) in [7, 11) is 3.31. The first kappa shape index (κ1) is 23.3. The highest BCUT2D eigenvalue weighted by Gasteiger charge is 2.10. The highest BCUT2D eigenvalue weighted by Crippen LogP contribution is 2.41. The van der Waals surface area contributed by atoms with Gasteiger partial charge in [0.2, 0.25) is 0 Å². The zero-order valence-electron chi connectivity index (χ0n) is 19.1. The van der Waals surface area contributed by atoms with Crippen molar-refractivity contribution in [3.63, 3.8) is 0 Å². The third-order valence-electron chi connectivity index (χ3n) is 5.74. The molecule has 0 atom stereocenters. The minimum atomic E-state index is 1.01. The van der Waals surface area contributed by atoms with Crippen LogP contribution in [0, 0.1) is 0 Å². The zero-order valence-corrected chi connectivity index (χ0v) is 22.3. The topological polar surface area (TPSA) is 25.8 Å². The normalized spacial score (nSPS) is 11.0. The van der Waals surface area contributed by atoms with E-state index >= 15 is 0 Å². The molecule has 0 aliphatic rings. The molecule has 0 unspecified atom stereocenters. The van der Waals surface area contributed by atoms with E-state index < -0.39 is 0 Å². The molecule has 6 aromatic rings. The molecule has 4 aromatic carbocycles. The lowest BCUT2D eigenvalue weighted by molar-refractivity contribution is 1.29. The molecule has 0 aliphatic heterocycles. The smallest absolute Gasteiger partial charge is 0.121 e. The maximum absolute atomic E-state index is 4.65. The van der Waals surface area contributed by atoms with Gasteiger partial charge in [0.05, 0.1) is 9.75 Å². The molecule has 0 saturated heterocycles. The molecule has 6 rings (SSSR count). The van der Waals surface area contributed by atoms with Crippen LogP contribution in [-0.4, -0.2) is 8.75 Å². The van der Waals surface area contributed by atoms with Crippen LogP contribution in [0.25, 0.3) is 43.1 Å². The summed E-state index contributed by atoms with van der Waals surface area (Å²) in [6.45, 7) is 0. The monoisotopic (exact) mass is 536 g/mol. The summed E-state index contributed by atoms with van der Waals surface area (Å²) in [5.74, 6) is 0. The van der Waals surface area contributed by atoms with Gasteiger partial charge < -0.3 is 0 Å². The van der Waals surface area contributed by atoms with Crippen LogP contribution < -0.4 is 0 Å². The first-order chi connectivity index (χ1) is 17.8. The number of hydrogen-bond donors (Lipinski definition) is 0. The second-order valence-electron chi connectivity index (χ2n) is 8.11. The predicted molar refractivity (Wildman–Crippen MR) is 158 cm³/mol. The standard InChI is InChI=1S/C30H20N2S4/c1-3-7-21(8-4-1)23-11-15-25(16-12-23)27-19-29(31-33-27)35-36-30-20-28(34-32-30)26-17-13-24(14-18-26)22-9-5-2-6-10-22/h1-20H. The van der Waals surface area contributed by atoms with Crippen LogP contribution in [0.5, 0.6) is 0 Å². The van der Waals surface area contributed by atoms with Gasteiger partial charge in [0.15, 0.2) is 0 Å². The van der Waals surface area contributed by atoms with Gasteiger partial charge in [0.25, 0.3) is 0 Å². The third kappa shape index (κ3) is 5.32. The van der Waals surface area contributed by atoms with Crippen molar-refractivity contribution in [1.82, 2.24) is 8.75 Å². The molecule has 0 saturated carbocycles. The van der Waals surface area contributed by atoms with E-state index in [2.05, 4.69) is 118 Å². The van der Waals surface area contributed by atoms with Gasteiger partial charge in [-0.2, -0.15) is 8.75 Å². The van der Waals surface area contributed by atoms with Gasteiger partial charge in [-0.1, -0.05) is 109 Å². The van der Waals surface area contributed by atoms with Crippen molar-refractivity contribution in [2.75, 3.05) is 0 Å². The minimum Gasteiger partial charge on any atom is -0.185 e. The SMILES string of the molecule is c1ccc(-c2ccc(-c3cc(SSc4cc(-c5ccc(-c6ccccc6)cc5)sn4)ns3)cc2)cc1. The minimum absolute atomic E-state index is 1.01. The molecule has 2 nitrogen and oxygen atoms in total. The highest BCUT2D eigenvalue weighted by molar-refractivity contribution is 8.76. The molecule has 6 heteroatoms. The summed E-state index contributed by atoms with van der Waals surface area (Å²) in [6, 6.07) is 42.6. The fraction of sp³-hybridized carbons (Fsp3) is 0. The van der Waals surface area contributed by atoms with Crippen molar-refractivity contribution in [1.29, 1.82) is 0 Å². The van der Waals surface area contributed by atoms with Crippen molar-refractivity contribution in [3.05, 3.63) is 121 Å². The van der Waals surface area contributed by atoms with E-state index in [9.17, 15) is 0 Å². The molecule has 0 N–H and O–H groups in total. The summed E-state index contributed by atoms with van der Waals surface area (Å²) in [5.41, 5.74) is 7.30. The number of benzene rings is 4. The molecular formula is C30H20N2S4. The fourth-order valence-corrected chi connectivity index (χ4v) is 7.63. The summed E-state index contributed by atoms with van der Waals surface area (Å²) < 4.78 is 9.30. The van der Waals surface area contributed by atoms with Gasteiger partial charge in [-0.15, -0.1) is 0 Å². The second kappa shape index (κ2) is 10.8. The van der Waals surface area contributed by atoms with E-state index in [4.69, 9.17) is 0 Å². The molecule has 0 bridgehead atoms. The predicted octanol–water partition coefficient (Wildman–Crippen LogP) is 10.1. The van der Waals surface area contributed by atoms with Crippen LogP contribution in [-0.2, 0) is 0 Å². The van der Waals surface area contributed by atoms with Crippen LogP contribution in [0.15, 0.2) is 131 Å². The van der Waals surface area contributed by atoms with Gasteiger partial charge in [0.1, 0.15) is 10.1 Å². The Labute approximate surface area is 226 Å². The highest BCUT2D eigenvalue weighted by atomic mass is 33.1. The van der Waals surface area contributed by atoms with Crippen molar-refractivity contribution in [3.8, 4) is 43.1 Å². The number of nitrogens with zero attached hydrogens (tertiary/aromatic N) is 2. The Kier molecular flexibility index (Phi) is 7.01. The summed E-state index contributed by atoms with van der Waals surface area (Å²) in [5, 5.41) is 2.02. The van der Waals surface area contributed by atoms with E-state index in [0.717, 1.165) is 10.1 Å². The molecule has 2 heterocycles. The van der Waals surface area contributed by atoms with E-state index in [0.29, 0.717) is 0 Å². The summed E-state index contributed by atoms with van der Waals surface area (Å²) >= 11 is 3.08. The Morgan fingerprint density at radius 3 is 1.11 bits per heavy atom. The van der Waals surface area contributed by atoms with Crippen molar-refractivity contribution in [2.24, 2.45) is 0 Å². The summed E-state index contributed by atoms with van der Waals surface area (Å²) in [4.78, 5) is 2.35. The van der Waals surface area contributed by atoms with Crippen LogP contribution in [0.1, 0.15) is 0 Å². The lowest BCUT2D eigenvalue weighted by Gasteiger charge is -2.02. The molecule has 2 aromatic heterocycles. The quantitative estimate of drug-likeness (QED) is 0.190. The zero-order chi connectivity index (χ0) is 24.2. The van der Waals surface area contributed by atoms with E-state index in [-0.39, 0.29) is 0 Å². The van der Waals surface area contributed by atoms with Gasteiger partial charge in [0, 0.05) is 0 Å². The van der Waals surface area contributed by atoms with Gasteiger partial charge >= 0.3 is 0 Å². The van der Waals surface area contributed by atoms with Crippen molar-refractivity contribution in [2.45, 2.75) is 10.1 Å².